The van der Waals surface area contributed by atoms with Gasteiger partial charge in [0.2, 0.25) is 5.91 Å². The molecule has 1 amide bonds. The van der Waals surface area contributed by atoms with Crippen molar-refractivity contribution in [3.05, 3.63) is 33.8 Å². The van der Waals surface area contributed by atoms with Crippen molar-refractivity contribution in [3.63, 3.8) is 0 Å². The summed E-state index contributed by atoms with van der Waals surface area (Å²) < 4.78 is 0. The molecule has 0 spiro atoms. The number of carbonyl (C=O) groups is 3. The van der Waals surface area contributed by atoms with Gasteiger partial charge in [0, 0.05) is 23.9 Å². The van der Waals surface area contributed by atoms with Gasteiger partial charge in [-0.1, -0.05) is 23.2 Å². The number of rotatable bonds is 9. The summed E-state index contributed by atoms with van der Waals surface area (Å²) in [5.41, 5.74) is 5.86. The number of Topliss-reactive ketones (excluding diaryl/α,β-unsaturated/α-hetero) is 1. The smallest absolute Gasteiger partial charge is 0.320 e. The number of aliphatic carboxylic acids is 1. The summed E-state index contributed by atoms with van der Waals surface area (Å²) in [6.07, 6.45) is 2.15. The van der Waals surface area contributed by atoms with Crippen LogP contribution < -0.4 is 11.1 Å². The first-order valence-electron chi connectivity index (χ1n) is 8.06. The van der Waals surface area contributed by atoms with Crippen molar-refractivity contribution >= 4 is 40.9 Å². The number of carboxylic acid groups (broad SMARTS) is 1. The van der Waals surface area contributed by atoms with Crippen LogP contribution >= 0.6 is 23.2 Å². The van der Waals surface area contributed by atoms with Gasteiger partial charge in [-0.05, 0) is 43.9 Å². The van der Waals surface area contributed by atoms with Crippen LogP contribution in [0.3, 0.4) is 0 Å². The van der Waals surface area contributed by atoms with E-state index in [0.29, 0.717) is 47.8 Å². The van der Waals surface area contributed by atoms with Crippen LogP contribution in [-0.2, 0) is 9.59 Å². The van der Waals surface area contributed by atoms with Crippen molar-refractivity contribution in [3.8, 4) is 0 Å². The molecule has 1 fully saturated rings. The fraction of sp³-hybridized carbons (Fsp3) is 0.471. The zero-order chi connectivity index (χ0) is 18.6. The number of halogens is 2. The largest absolute Gasteiger partial charge is 0.480 e. The van der Waals surface area contributed by atoms with E-state index in [4.69, 9.17) is 34.0 Å². The monoisotopic (exact) mass is 386 g/mol. The molecule has 1 aromatic carbocycles. The minimum Gasteiger partial charge on any atom is -0.480 e. The number of nitrogens with two attached hydrogens (primary N) is 1. The molecule has 0 aromatic heterocycles. The summed E-state index contributed by atoms with van der Waals surface area (Å²) >= 11 is 11.7. The highest BCUT2D eigenvalue weighted by Crippen LogP contribution is 2.41. The van der Waals surface area contributed by atoms with Crippen molar-refractivity contribution in [2.75, 3.05) is 6.54 Å². The van der Waals surface area contributed by atoms with Crippen molar-refractivity contribution < 1.29 is 19.5 Å². The number of benzene rings is 1. The molecule has 2 rings (SSSR count). The second-order valence-corrected chi connectivity index (χ2v) is 6.99. The number of unbranched alkanes of at least 4 members (excludes halogenated alkanes) is 1. The Labute approximate surface area is 155 Å². The second kappa shape index (κ2) is 8.65. The van der Waals surface area contributed by atoms with E-state index in [2.05, 4.69) is 5.32 Å². The lowest BCUT2D eigenvalue weighted by Crippen LogP contribution is -2.30. The van der Waals surface area contributed by atoms with Crippen LogP contribution in [-0.4, -0.2) is 35.4 Å². The first kappa shape index (κ1) is 19.7. The highest BCUT2D eigenvalue weighted by Gasteiger charge is 2.47. The molecule has 136 valence electrons. The number of amides is 1. The molecule has 0 saturated heterocycles. The van der Waals surface area contributed by atoms with E-state index in [0.717, 1.165) is 0 Å². The number of carboxylic acids is 1. The van der Waals surface area contributed by atoms with Gasteiger partial charge in [-0.3, -0.25) is 14.4 Å². The third kappa shape index (κ3) is 5.42. The molecule has 4 N–H and O–H groups in total. The van der Waals surface area contributed by atoms with Crippen molar-refractivity contribution in [2.24, 2.45) is 17.6 Å². The molecule has 6 nitrogen and oxygen atoms in total. The molecule has 1 saturated carbocycles. The Kier molecular flexibility index (Phi) is 6.81. The highest BCUT2D eigenvalue weighted by atomic mass is 35.5. The first-order valence-corrected chi connectivity index (χ1v) is 8.82. The predicted octanol–water partition coefficient (Wildman–Crippen LogP) is 2.51. The number of hydrogen-bond donors (Lipinski definition) is 3. The van der Waals surface area contributed by atoms with Gasteiger partial charge in [-0.15, -0.1) is 0 Å². The van der Waals surface area contributed by atoms with Crippen molar-refractivity contribution in [1.82, 2.24) is 5.32 Å². The zero-order valence-electron chi connectivity index (χ0n) is 13.5. The molecule has 1 aliphatic rings. The molecule has 8 heteroatoms. The third-order valence-corrected chi connectivity index (χ3v) is 4.97. The van der Waals surface area contributed by atoms with Gasteiger partial charge >= 0.3 is 5.97 Å². The van der Waals surface area contributed by atoms with Crippen LogP contribution in [0.2, 0.25) is 10.0 Å². The van der Waals surface area contributed by atoms with Crippen LogP contribution in [0, 0.1) is 11.8 Å². The number of nitrogens with one attached hydrogen (secondary N) is 1. The van der Waals surface area contributed by atoms with E-state index in [1.54, 1.807) is 12.1 Å². The number of hydrogen-bond acceptors (Lipinski definition) is 4. The van der Waals surface area contributed by atoms with Crippen molar-refractivity contribution in [1.29, 1.82) is 0 Å². The van der Waals surface area contributed by atoms with E-state index in [1.165, 1.54) is 6.07 Å². The number of carbonyl (C=O) groups excluding carboxylic acids is 2. The van der Waals surface area contributed by atoms with Crippen LogP contribution in [0.15, 0.2) is 18.2 Å². The zero-order valence-corrected chi connectivity index (χ0v) is 15.0. The molecule has 0 bridgehead atoms. The Morgan fingerprint density at radius 2 is 1.92 bits per heavy atom. The van der Waals surface area contributed by atoms with Gasteiger partial charge in [0.15, 0.2) is 5.78 Å². The van der Waals surface area contributed by atoms with E-state index < -0.39 is 12.0 Å². The molecule has 0 radical (unpaired) electrons. The van der Waals surface area contributed by atoms with Gasteiger partial charge in [-0.2, -0.15) is 0 Å². The lowest BCUT2D eigenvalue weighted by Gasteiger charge is -2.07. The van der Waals surface area contributed by atoms with E-state index in [9.17, 15) is 14.4 Å². The maximum absolute atomic E-state index is 12.3. The summed E-state index contributed by atoms with van der Waals surface area (Å²) in [6.45, 7) is 0.440. The topological polar surface area (TPSA) is 109 Å². The highest BCUT2D eigenvalue weighted by molar-refractivity contribution is 6.42. The molecule has 1 unspecified atom stereocenters. The van der Waals surface area contributed by atoms with E-state index >= 15 is 0 Å². The van der Waals surface area contributed by atoms with Crippen LogP contribution in [0.25, 0.3) is 0 Å². The Bertz CT molecular complexity index is 681. The Hall–Kier alpha value is -1.63. The molecule has 1 aliphatic carbocycles. The van der Waals surface area contributed by atoms with Crippen molar-refractivity contribution in [2.45, 2.75) is 31.7 Å². The van der Waals surface area contributed by atoms with Gasteiger partial charge in [0.1, 0.15) is 6.04 Å². The normalized spacial score (nSPS) is 20.0. The lowest BCUT2D eigenvalue weighted by atomic mass is 10.1. The minimum absolute atomic E-state index is 0.105. The molecule has 3 atom stereocenters. The second-order valence-electron chi connectivity index (χ2n) is 6.17. The molecule has 0 aliphatic heterocycles. The molecule has 0 heterocycles. The van der Waals surface area contributed by atoms with E-state index in [1.807, 2.05) is 0 Å². The SMILES string of the molecule is N[C@@H](CCCCNC(=O)[C@H]1CC1C(=O)c1ccc(Cl)c(Cl)c1)C(=O)O. The third-order valence-electron chi connectivity index (χ3n) is 4.23. The van der Waals surface area contributed by atoms with Gasteiger partial charge in [0.25, 0.3) is 0 Å². The Morgan fingerprint density at radius 1 is 1.20 bits per heavy atom. The molecular formula is C17H20Cl2N2O4. The first-order chi connectivity index (χ1) is 11.8. The van der Waals surface area contributed by atoms with Crippen LogP contribution in [0.4, 0.5) is 0 Å². The van der Waals surface area contributed by atoms with Gasteiger partial charge in [-0.25, -0.2) is 0 Å². The Balaban J connectivity index is 1.71. The summed E-state index contributed by atoms with van der Waals surface area (Å²) in [5.74, 6) is -1.92. The van der Waals surface area contributed by atoms with Crippen LogP contribution in [0.5, 0.6) is 0 Å². The summed E-state index contributed by atoms with van der Waals surface area (Å²) in [6, 6.07) is 3.82. The van der Waals surface area contributed by atoms with Gasteiger partial charge < -0.3 is 16.2 Å². The molecule has 25 heavy (non-hydrogen) atoms. The average molecular weight is 387 g/mol. The summed E-state index contributed by atoms with van der Waals surface area (Å²) in [7, 11) is 0. The molecular weight excluding hydrogens is 367 g/mol. The fourth-order valence-corrected chi connectivity index (χ4v) is 2.89. The maximum Gasteiger partial charge on any atom is 0.320 e. The maximum atomic E-state index is 12.3. The fourth-order valence-electron chi connectivity index (χ4n) is 2.59. The summed E-state index contributed by atoms with van der Waals surface area (Å²) in [5, 5.41) is 12.1. The average Bonchev–Trinajstić information content (AvgIpc) is 3.36. The standard InChI is InChI=1S/C17H20Cl2N2O4/c18-12-5-4-9(7-13(12)19)15(22)10-8-11(10)16(23)21-6-2-1-3-14(20)17(24)25/h4-5,7,10-11,14H,1-3,6,8,20H2,(H,21,23)(H,24,25)/t10?,11-,14-/m0/s1. The number of ketones is 1. The predicted molar refractivity (Wildman–Crippen MR) is 94.9 cm³/mol. The van der Waals surface area contributed by atoms with Gasteiger partial charge in [0.05, 0.1) is 10.0 Å². The Morgan fingerprint density at radius 3 is 2.56 bits per heavy atom. The van der Waals surface area contributed by atoms with Crippen LogP contribution in [0.1, 0.15) is 36.0 Å². The molecule has 1 aromatic rings. The lowest BCUT2D eigenvalue weighted by molar-refractivity contribution is -0.138. The quantitative estimate of drug-likeness (QED) is 0.446. The summed E-state index contributed by atoms with van der Waals surface area (Å²) in [4.78, 5) is 35.0. The minimum atomic E-state index is -1.02. The van der Waals surface area contributed by atoms with E-state index in [-0.39, 0.29) is 23.5 Å².